The van der Waals surface area contributed by atoms with E-state index in [1.807, 2.05) is 12.1 Å². The number of carbonyl (C=O) groups is 3. The van der Waals surface area contributed by atoms with Crippen molar-refractivity contribution in [3.8, 4) is 5.75 Å². The van der Waals surface area contributed by atoms with Gasteiger partial charge in [-0.2, -0.15) is 0 Å². The predicted octanol–water partition coefficient (Wildman–Crippen LogP) is 1.52. The van der Waals surface area contributed by atoms with Crippen LogP contribution in [0.2, 0.25) is 0 Å². The van der Waals surface area contributed by atoms with Crippen molar-refractivity contribution in [1.82, 2.24) is 5.32 Å². The fraction of sp³-hybridized carbons (Fsp3) is 0.400. The van der Waals surface area contributed by atoms with E-state index in [0.29, 0.717) is 11.3 Å². The first-order chi connectivity index (χ1) is 10.1. The fourth-order valence-corrected chi connectivity index (χ4v) is 1.73. The topological polar surface area (TPSA) is 113 Å². The molecule has 0 aromatic heterocycles. The zero-order valence-corrected chi connectivity index (χ0v) is 12.6. The average Bonchev–Trinajstić information content (AvgIpc) is 2.35. The summed E-state index contributed by atoms with van der Waals surface area (Å²) in [4.78, 5) is 31.4. The maximum absolute atomic E-state index is 10.6. The number of carboxylic acids is 2. The lowest BCUT2D eigenvalue weighted by Crippen LogP contribution is -2.48. The first-order valence-electron chi connectivity index (χ1n) is 6.63. The largest absolute Gasteiger partial charge is 0.481 e. The molecule has 2 rings (SSSR count). The van der Waals surface area contributed by atoms with Gasteiger partial charge in [-0.25, -0.2) is 4.79 Å². The van der Waals surface area contributed by atoms with Gasteiger partial charge in [0.05, 0.1) is 6.42 Å². The Hall–Kier alpha value is -2.41. The second-order valence-corrected chi connectivity index (χ2v) is 5.77. The number of rotatable bonds is 4. The van der Waals surface area contributed by atoms with E-state index in [-0.39, 0.29) is 5.97 Å². The number of fused-ring (bicyclic) bond motifs is 1. The molecular formula is C15H19NO6. The summed E-state index contributed by atoms with van der Waals surface area (Å²) in [5.41, 5.74) is 0.288. The molecule has 3 N–H and O–H groups in total. The van der Waals surface area contributed by atoms with Crippen LogP contribution in [-0.2, 0) is 9.59 Å². The molecule has 120 valence electrons. The fourth-order valence-electron chi connectivity index (χ4n) is 1.73. The highest BCUT2D eigenvalue weighted by Gasteiger charge is 2.25. The van der Waals surface area contributed by atoms with E-state index in [1.165, 1.54) is 0 Å². The van der Waals surface area contributed by atoms with Crippen molar-refractivity contribution in [3.05, 3.63) is 29.8 Å². The van der Waals surface area contributed by atoms with Gasteiger partial charge in [0, 0.05) is 5.54 Å². The highest BCUT2D eigenvalue weighted by atomic mass is 16.6. The van der Waals surface area contributed by atoms with E-state index in [2.05, 4.69) is 10.1 Å². The van der Waals surface area contributed by atoms with Crippen molar-refractivity contribution in [2.75, 3.05) is 0 Å². The van der Waals surface area contributed by atoms with Gasteiger partial charge >= 0.3 is 17.9 Å². The predicted molar refractivity (Wildman–Crippen MR) is 78.0 cm³/mol. The molecule has 7 heteroatoms. The highest BCUT2D eigenvalue weighted by molar-refractivity contribution is 6.01. The van der Waals surface area contributed by atoms with Crippen molar-refractivity contribution in [1.29, 1.82) is 0 Å². The SMILES string of the molecule is CC(C)(C)NC(CC(=O)O)C(=O)O.O=C1Oc2ccccc21. The quantitative estimate of drug-likeness (QED) is 0.723. The van der Waals surface area contributed by atoms with Crippen LogP contribution in [0.5, 0.6) is 5.75 Å². The highest BCUT2D eigenvalue weighted by Crippen LogP contribution is 2.27. The molecule has 1 aliphatic heterocycles. The molecule has 0 saturated carbocycles. The number of esters is 1. The van der Waals surface area contributed by atoms with E-state index in [0.717, 1.165) is 0 Å². The van der Waals surface area contributed by atoms with Gasteiger partial charge in [0.15, 0.2) is 0 Å². The van der Waals surface area contributed by atoms with Gasteiger partial charge < -0.3 is 14.9 Å². The Morgan fingerprint density at radius 2 is 1.82 bits per heavy atom. The number of hydrogen-bond donors (Lipinski definition) is 3. The van der Waals surface area contributed by atoms with Gasteiger partial charge in [0.1, 0.15) is 17.4 Å². The molecule has 0 spiro atoms. The summed E-state index contributed by atoms with van der Waals surface area (Å²) in [5, 5.41) is 19.8. The van der Waals surface area contributed by atoms with Crippen LogP contribution < -0.4 is 10.1 Å². The molecule has 1 atom stereocenters. The molecule has 1 aromatic rings. The summed E-state index contributed by atoms with van der Waals surface area (Å²) in [6.45, 7) is 5.35. The standard InChI is InChI=1S/C8H15NO4.C7H4O2/c1-8(2,3)9-5(7(12)13)4-6(10)11;8-7-5-3-1-2-4-6(5)9-7/h5,9H,4H2,1-3H3,(H,10,11)(H,12,13);1-4H. The van der Waals surface area contributed by atoms with Gasteiger partial charge in [-0.15, -0.1) is 0 Å². The zero-order chi connectivity index (χ0) is 16.9. The monoisotopic (exact) mass is 309 g/mol. The summed E-state index contributed by atoms with van der Waals surface area (Å²) in [7, 11) is 0. The molecule has 0 fully saturated rings. The third kappa shape index (κ3) is 5.53. The molecule has 0 radical (unpaired) electrons. The van der Waals surface area contributed by atoms with E-state index in [4.69, 9.17) is 10.2 Å². The molecule has 0 saturated heterocycles. The first-order valence-corrected chi connectivity index (χ1v) is 6.63. The lowest BCUT2D eigenvalue weighted by Gasteiger charge is -2.24. The van der Waals surface area contributed by atoms with Crippen LogP contribution in [0.25, 0.3) is 0 Å². The second-order valence-electron chi connectivity index (χ2n) is 5.77. The number of carbonyl (C=O) groups excluding carboxylic acids is 1. The van der Waals surface area contributed by atoms with Crippen molar-refractivity contribution >= 4 is 17.9 Å². The van der Waals surface area contributed by atoms with E-state index in [1.54, 1.807) is 32.9 Å². The molecule has 1 aromatic carbocycles. The molecule has 1 aliphatic rings. The number of hydrogen-bond acceptors (Lipinski definition) is 5. The molecule has 0 amide bonds. The van der Waals surface area contributed by atoms with Crippen LogP contribution in [0.4, 0.5) is 0 Å². The number of benzene rings is 1. The summed E-state index contributed by atoms with van der Waals surface area (Å²) in [5.74, 6) is -1.78. The maximum atomic E-state index is 10.6. The third-order valence-electron chi connectivity index (χ3n) is 2.59. The number of ether oxygens (including phenoxy) is 1. The van der Waals surface area contributed by atoms with Gasteiger partial charge in [0.2, 0.25) is 0 Å². The molecule has 1 unspecified atom stereocenters. The number of nitrogens with one attached hydrogen (secondary N) is 1. The van der Waals surface area contributed by atoms with Gasteiger partial charge in [0.25, 0.3) is 0 Å². The third-order valence-corrected chi connectivity index (χ3v) is 2.59. The molecule has 22 heavy (non-hydrogen) atoms. The van der Waals surface area contributed by atoms with Crippen molar-refractivity contribution in [3.63, 3.8) is 0 Å². The maximum Gasteiger partial charge on any atom is 0.347 e. The lowest BCUT2D eigenvalue weighted by atomic mass is 10.1. The lowest BCUT2D eigenvalue weighted by molar-refractivity contribution is -0.146. The Morgan fingerprint density at radius 1 is 1.23 bits per heavy atom. The summed E-state index contributed by atoms with van der Waals surface area (Å²) < 4.78 is 4.65. The summed E-state index contributed by atoms with van der Waals surface area (Å²) in [6.07, 6.45) is -0.410. The normalized spacial score (nSPS) is 13.7. The van der Waals surface area contributed by atoms with Crippen molar-refractivity contribution in [2.45, 2.75) is 38.8 Å². The summed E-state index contributed by atoms with van der Waals surface area (Å²) >= 11 is 0. The van der Waals surface area contributed by atoms with Crippen LogP contribution >= 0.6 is 0 Å². The Kier molecular flexibility index (Phi) is 5.64. The Labute approximate surface area is 127 Å². The van der Waals surface area contributed by atoms with Crippen LogP contribution in [0.1, 0.15) is 37.6 Å². The van der Waals surface area contributed by atoms with E-state index in [9.17, 15) is 14.4 Å². The second kappa shape index (κ2) is 7.04. The first kappa shape index (κ1) is 17.6. The van der Waals surface area contributed by atoms with Crippen LogP contribution in [-0.4, -0.2) is 39.7 Å². The van der Waals surface area contributed by atoms with E-state index < -0.39 is 29.9 Å². The molecule has 0 bridgehead atoms. The number of aliphatic carboxylic acids is 2. The van der Waals surface area contributed by atoms with Gasteiger partial charge in [-0.3, -0.25) is 14.9 Å². The van der Waals surface area contributed by atoms with Crippen LogP contribution in [0.3, 0.4) is 0 Å². The molecular weight excluding hydrogens is 290 g/mol. The van der Waals surface area contributed by atoms with Gasteiger partial charge in [-0.1, -0.05) is 12.1 Å². The zero-order valence-electron chi connectivity index (χ0n) is 12.6. The minimum atomic E-state index is -1.14. The van der Waals surface area contributed by atoms with Crippen LogP contribution in [0, 0.1) is 0 Å². The molecule has 1 heterocycles. The molecule has 7 nitrogen and oxygen atoms in total. The van der Waals surface area contributed by atoms with Crippen LogP contribution in [0.15, 0.2) is 24.3 Å². The van der Waals surface area contributed by atoms with Gasteiger partial charge in [-0.05, 0) is 32.9 Å². The number of carboxylic acid groups (broad SMARTS) is 2. The van der Waals surface area contributed by atoms with Crippen molar-refractivity contribution in [2.24, 2.45) is 0 Å². The number of para-hydroxylation sites is 1. The Morgan fingerprint density at radius 3 is 2.18 bits per heavy atom. The minimum absolute atomic E-state index is 0.217. The van der Waals surface area contributed by atoms with Crippen molar-refractivity contribution < 1.29 is 29.3 Å². The molecule has 0 aliphatic carbocycles. The average molecular weight is 309 g/mol. The van der Waals surface area contributed by atoms with E-state index >= 15 is 0 Å². The smallest absolute Gasteiger partial charge is 0.347 e. The minimum Gasteiger partial charge on any atom is -0.481 e. The Bertz CT molecular complexity index is 576. The summed E-state index contributed by atoms with van der Waals surface area (Å²) in [6, 6.07) is 6.15. The Balaban J connectivity index is 0.000000231.